The maximum atomic E-state index is 5.79. The van der Waals surface area contributed by atoms with Crippen LogP contribution in [0.5, 0.6) is 5.75 Å². The summed E-state index contributed by atoms with van der Waals surface area (Å²) in [5.41, 5.74) is 2.99. The van der Waals surface area contributed by atoms with Crippen molar-refractivity contribution >= 4 is 0 Å². The van der Waals surface area contributed by atoms with Crippen molar-refractivity contribution in [2.45, 2.75) is 25.3 Å². The van der Waals surface area contributed by atoms with Gasteiger partial charge in [-0.05, 0) is 55.5 Å². The first-order valence-corrected chi connectivity index (χ1v) is 7.81. The van der Waals surface area contributed by atoms with E-state index in [0.29, 0.717) is 12.0 Å². The van der Waals surface area contributed by atoms with Crippen LogP contribution in [-0.2, 0) is 6.42 Å². The highest BCUT2D eigenvalue weighted by Crippen LogP contribution is 2.38. The van der Waals surface area contributed by atoms with Crippen molar-refractivity contribution in [3.8, 4) is 5.75 Å². The van der Waals surface area contributed by atoms with Crippen LogP contribution in [0.2, 0.25) is 0 Å². The van der Waals surface area contributed by atoms with E-state index in [4.69, 9.17) is 4.74 Å². The molecule has 1 aliphatic rings. The SMILES string of the molecule is CNC1c2ccccc2CC1CCCOc1ccccc1. The van der Waals surface area contributed by atoms with Crippen molar-refractivity contribution in [3.05, 3.63) is 65.7 Å². The lowest BCUT2D eigenvalue weighted by Crippen LogP contribution is -2.22. The average molecular weight is 281 g/mol. The Kier molecular flexibility index (Phi) is 4.56. The molecule has 110 valence electrons. The van der Waals surface area contributed by atoms with E-state index in [9.17, 15) is 0 Å². The minimum Gasteiger partial charge on any atom is -0.494 e. The number of para-hydroxylation sites is 1. The first kappa shape index (κ1) is 14.2. The number of nitrogens with one attached hydrogen (secondary N) is 1. The van der Waals surface area contributed by atoms with Gasteiger partial charge in [-0.15, -0.1) is 0 Å². The van der Waals surface area contributed by atoms with Crippen LogP contribution in [0, 0.1) is 5.92 Å². The summed E-state index contributed by atoms with van der Waals surface area (Å²) in [7, 11) is 2.07. The number of benzene rings is 2. The van der Waals surface area contributed by atoms with Gasteiger partial charge in [0, 0.05) is 6.04 Å². The lowest BCUT2D eigenvalue weighted by molar-refractivity contribution is 0.280. The Labute approximate surface area is 127 Å². The molecule has 0 fully saturated rings. The van der Waals surface area contributed by atoms with Crippen LogP contribution in [0.1, 0.15) is 30.0 Å². The molecule has 2 unspecified atom stereocenters. The molecule has 2 aromatic rings. The van der Waals surface area contributed by atoms with Gasteiger partial charge in [-0.25, -0.2) is 0 Å². The van der Waals surface area contributed by atoms with Gasteiger partial charge >= 0.3 is 0 Å². The third-order valence-corrected chi connectivity index (χ3v) is 4.39. The Balaban J connectivity index is 1.50. The molecule has 1 aliphatic carbocycles. The van der Waals surface area contributed by atoms with E-state index in [1.165, 1.54) is 24.0 Å². The van der Waals surface area contributed by atoms with Crippen LogP contribution in [-0.4, -0.2) is 13.7 Å². The maximum Gasteiger partial charge on any atom is 0.119 e. The fourth-order valence-corrected chi connectivity index (χ4v) is 3.39. The summed E-state index contributed by atoms with van der Waals surface area (Å²) in [4.78, 5) is 0. The molecule has 0 saturated heterocycles. The van der Waals surface area contributed by atoms with Gasteiger partial charge in [-0.3, -0.25) is 0 Å². The highest BCUT2D eigenvalue weighted by atomic mass is 16.5. The lowest BCUT2D eigenvalue weighted by atomic mass is 9.95. The maximum absolute atomic E-state index is 5.79. The molecule has 2 aromatic carbocycles. The van der Waals surface area contributed by atoms with Gasteiger partial charge in [-0.1, -0.05) is 42.5 Å². The Morgan fingerprint density at radius 2 is 1.81 bits per heavy atom. The highest BCUT2D eigenvalue weighted by Gasteiger charge is 2.30. The molecular weight excluding hydrogens is 258 g/mol. The van der Waals surface area contributed by atoms with Gasteiger partial charge in [0.25, 0.3) is 0 Å². The Morgan fingerprint density at radius 3 is 2.62 bits per heavy atom. The van der Waals surface area contributed by atoms with Crippen molar-refractivity contribution in [3.63, 3.8) is 0 Å². The summed E-state index contributed by atoms with van der Waals surface area (Å²) < 4.78 is 5.79. The number of fused-ring (bicyclic) bond motifs is 1. The molecule has 0 aromatic heterocycles. The largest absolute Gasteiger partial charge is 0.494 e. The first-order chi connectivity index (χ1) is 10.4. The van der Waals surface area contributed by atoms with E-state index < -0.39 is 0 Å². The lowest BCUT2D eigenvalue weighted by Gasteiger charge is -2.20. The number of hydrogen-bond donors (Lipinski definition) is 1. The molecule has 0 saturated carbocycles. The second kappa shape index (κ2) is 6.77. The second-order valence-electron chi connectivity index (χ2n) is 5.73. The number of ether oxygens (including phenoxy) is 1. The zero-order valence-corrected chi connectivity index (χ0v) is 12.6. The standard InChI is InChI=1S/C19H23NO/c1-20-19-16(14-15-8-5-6-12-18(15)19)9-7-13-21-17-10-3-2-4-11-17/h2-6,8,10-12,16,19-20H,7,9,13-14H2,1H3. The van der Waals surface area contributed by atoms with E-state index in [1.54, 1.807) is 0 Å². The van der Waals surface area contributed by atoms with Crippen LogP contribution < -0.4 is 10.1 Å². The predicted molar refractivity (Wildman–Crippen MR) is 86.6 cm³/mol. The molecule has 21 heavy (non-hydrogen) atoms. The van der Waals surface area contributed by atoms with E-state index in [-0.39, 0.29) is 0 Å². The molecule has 0 radical (unpaired) electrons. The van der Waals surface area contributed by atoms with Crippen LogP contribution in [0.15, 0.2) is 54.6 Å². The Bertz CT molecular complexity index is 567. The molecule has 2 atom stereocenters. The van der Waals surface area contributed by atoms with Crippen LogP contribution in [0.4, 0.5) is 0 Å². The monoisotopic (exact) mass is 281 g/mol. The van der Waals surface area contributed by atoms with Gasteiger partial charge < -0.3 is 10.1 Å². The summed E-state index contributed by atoms with van der Waals surface area (Å²) in [6.45, 7) is 0.799. The van der Waals surface area contributed by atoms with Crippen LogP contribution >= 0.6 is 0 Å². The van der Waals surface area contributed by atoms with E-state index >= 15 is 0 Å². The first-order valence-electron chi connectivity index (χ1n) is 7.81. The molecule has 0 heterocycles. The molecular formula is C19H23NO. The fraction of sp³-hybridized carbons (Fsp3) is 0.368. The van der Waals surface area contributed by atoms with E-state index in [2.05, 4.69) is 36.6 Å². The fourth-order valence-electron chi connectivity index (χ4n) is 3.39. The molecule has 0 spiro atoms. The van der Waals surface area contributed by atoms with Crippen molar-refractivity contribution in [1.29, 1.82) is 0 Å². The van der Waals surface area contributed by atoms with E-state index in [0.717, 1.165) is 18.8 Å². The third-order valence-electron chi connectivity index (χ3n) is 4.39. The van der Waals surface area contributed by atoms with Gasteiger partial charge in [0.15, 0.2) is 0 Å². The summed E-state index contributed by atoms with van der Waals surface area (Å²) in [5.74, 6) is 1.66. The highest BCUT2D eigenvalue weighted by molar-refractivity contribution is 5.35. The quantitative estimate of drug-likeness (QED) is 0.809. The zero-order valence-electron chi connectivity index (χ0n) is 12.6. The van der Waals surface area contributed by atoms with E-state index in [1.807, 2.05) is 30.3 Å². The molecule has 2 nitrogen and oxygen atoms in total. The number of rotatable bonds is 6. The van der Waals surface area contributed by atoms with Crippen molar-refractivity contribution in [2.75, 3.05) is 13.7 Å². The van der Waals surface area contributed by atoms with Crippen molar-refractivity contribution < 1.29 is 4.74 Å². The molecule has 0 amide bonds. The van der Waals surface area contributed by atoms with Crippen molar-refractivity contribution in [1.82, 2.24) is 5.32 Å². The Hall–Kier alpha value is -1.80. The summed E-state index contributed by atoms with van der Waals surface area (Å²) >= 11 is 0. The molecule has 0 aliphatic heterocycles. The zero-order chi connectivity index (χ0) is 14.5. The predicted octanol–water partition coefficient (Wildman–Crippen LogP) is 3.98. The van der Waals surface area contributed by atoms with Gasteiger partial charge in [0.2, 0.25) is 0 Å². The molecule has 0 bridgehead atoms. The summed E-state index contributed by atoms with van der Waals surface area (Å²) in [6.07, 6.45) is 3.49. The summed E-state index contributed by atoms with van der Waals surface area (Å²) in [5, 5.41) is 3.49. The van der Waals surface area contributed by atoms with Gasteiger partial charge in [0.1, 0.15) is 5.75 Å². The van der Waals surface area contributed by atoms with Gasteiger partial charge in [-0.2, -0.15) is 0 Å². The number of hydrogen-bond acceptors (Lipinski definition) is 2. The summed E-state index contributed by atoms with van der Waals surface area (Å²) in [6, 6.07) is 19.4. The minimum absolute atomic E-state index is 0.498. The second-order valence-corrected chi connectivity index (χ2v) is 5.73. The Morgan fingerprint density at radius 1 is 1.05 bits per heavy atom. The average Bonchev–Trinajstić information content (AvgIpc) is 2.90. The minimum atomic E-state index is 0.498. The van der Waals surface area contributed by atoms with Crippen LogP contribution in [0.25, 0.3) is 0 Å². The third kappa shape index (κ3) is 3.27. The topological polar surface area (TPSA) is 21.3 Å². The molecule has 3 rings (SSSR count). The van der Waals surface area contributed by atoms with Gasteiger partial charge in [0.05, 0.1) is 6.61 Å². The van der Waals surface area contributed by atoms with Crippen molar-refractivity contribution in [2.24, 2.45) is 5.92 Å². The smallest absolute Gasteiger partial charge is 0.119 e. The molecule has 1 N–H and O–H groups in total. The van der Waals surface area contributed by atoms with Crippen LogP contribution in [0.3, 0.4) is 0 Å². The normalized spacial score (nSPS) is 20.2. The molecule has 2 heteroatoms.